The van der Waals surface area contributed by atoms with E-state index in [1.54, 1.807) is 0 Å². The zero-order valence-electron chi connectivity index (χ0n) is 5.43. The Morgan fingerprint density at radius 1 is 1.70 bits per heavy atom. The summed E-state index contributed by atoms with van der Waals surface area (Å²) in [5.74, 6) is 0.155. The molecule has 1 heterocycles. The Balaban J connectivity index is 2.24. The predicted octanol–water partition coefficient (Wildman–Crippen LogP) is 0.748. The minimum Gasteiger partial charge on any atom is -0.349 e. The standard InChI is InChI=1S/C7H8FNO/c8-3-5-1-4-2-6(5)9-7(4)10/h3-4,6H,1-2H2,(H,9,10). The molecule has 1 N–H and O–H groups in total. The smallest absolute Gasteiger partial charge is 0.223 e. The highest BCUT2D eigenvalue weighted by Gasteiger charge is 2.41. The highest BCUT2D eigenvalue weighted by Crippen LogP contribution is 2.36. The molecule has 3 heteroatoms. The zero-order valence-corrected chi connectivity index (χ0v) is 5.43. The molecule has 54 valence electrons. The number of hydrogen-bond donors (Lipinski definition) is 1. The second-order valence-corrected chi connectivity index (χ2v) is 2.88. The van der Waals surface area contributed by atoms with Crippen molar-refractivity contribution in [2.24, 2.45) is 5.92 Å². The Labute approximate surface area is 58.1 Å². The van der Waals surface area contributed by atoms with E-state index in [2.05, 4.69) is 5.32 Å². The van der Waals surface area contributed by atoms with Crippen LogP contribution in [0.15, 0.2) is 11.9 Å². The largest absolute Gasteiger partial charge is 0.349 e. The van der Waals surface area contributed by atoms with E-state index < -0.39 is 0 Å². The van der Waals surface area contributed by atoms with Crippen molar-refractivity contribution >= 4 is 5.91 Å². The van der Waals surface area contributed by atoms with Crippen molar-refractivity contribution in [1.29, 1.82) is 0 Å². The lowest BCUT2D eigenvalue weighted by Gasteiger charge is -2.12. The third-order valence-corrected chi connectivity index (χ3v) is 2.28. The SMILES string of the molecule is O=C1NC2CC1CC2=CF. The molecule has 2 fully saturated rings. The van der Waals surface area contributed by atoms with Crippen molar-refractivity contribution in [2.45, 2.75) is 18.9 Å². The van der Waals surface area contributed by atoms with Crippen LogP contribution < -0.4 is 5.32 Å². The number of hydrogen-bond acceptors (Lipinski definition) is 1. The molecule has 2 rings (SSSR count). The molecule has 0 spiro atoms. The highest BCUT2D eigenvalue weighted by atomic mass is 19.1. The first-order valence-corrected chi connectivity index (χ1v) is 3.41. The molecule has 2 unspecified atom stereocenters. The third kappa shape index (κ3) is 0.602. The van der Waals surface area contributed by atoms with E-state index in [1.165, 1.54) is 0 Å². The maximum Gasteiger partial charge on any atom is 0.223 e. The minimum absolute atomic E-state index is 0.0162. The molecule has 0 aromatic carbocycles. The Bertz CT molecular complexity index is 212. The molecular weight excluding hydrogens is 133 g/mol. The summed E-state index contributed by atoms with van der Waals surface area (Å²) in [6, 6.07) is 0.0162. The Hall–Kier alpha value is -0.860. The topological polar surface area (TPSA) is 29.1 Å². The summed E-state index contributed by atoms with van der Waals surface area (Å²) in [6.45, 7) is 0. The molecule has 1 saturated carbocycles. The number of halogens is 1. The van der Waals surface area contributed by atoms with E-state index in [0.29, 0.717) is 12.8 Å². The second kappa shape index (κ2) is 1.81. The van der Waals surface area contributed by atoms with Gasteiger partial charge in [-0.2, -0.15) is 0 Å². The molecule has 0 aromatic rings. The summed E-state index contributed by atoms with van der Waals surface area (Å²) in [5, 5.41) is 2.71. The Morgan fingerprint density at radius 3 is 2.90 bits per heavy atom. The zero-order chi connectivity index (χ0) is 7.14. The van der Waals surface area contributed by atoms with Gasteiger partial charge in [-0.05, 0) is 18.4 Å². The summed E-state index contributed by atoms with van der Waals surface area (Å²) in [5.41, 5.74) is 0.754. The van der Waals surface area contributed by atoms with E-state index >= 15 is 0 Å². The number of amides is 1. The van der Waals surface area contributed by atoms with Gasteiger partial charge in [0.25, 0.3) is 0 Å². The predicted molar refractivity (Wildman–Crippen MR) is 33.8 cm³/mol. The lowest BCUT2D eigenvalue weighted by Crippen LogP contribution is -2.31. The van der Waals surface area contributed by atoms with Gasteiger partial charge in [-0.1, -0.05) is 0 Å². The number of carbonyl (C=O) groups excluding carboxylic acids is 1. The van der Waals surface area contributed by atoms with Gasteiger partial charge in [-0.15, -0.1) is 0 Å². The first-order chi connectivity index (χ1) is 4.81. The molecule has 2 bridgehead atoms. The van der Waals surface area contributed by atoms with Crippen LogP contribution in [0.25, 0.3) is 0 Å². The second-order valence-electron chi connectivity index (χ2n) is 2.88. The van der Waals surface area contributed by atoms with Crippen molar-refractivity contribution in [3.63, 3.8) is 0 Å². The monoisotopic (exact) mass is 141 g/mol. The normalized spacial score (nSPS) is 40.9. The van der Waals surface area contributed by atoms with Crippen LogP contribution in [0.4, 0.5) is 4.39 Å². The van der Waals surface area contributed by atoms with E-state index in [4.69, 9.17) is 0 Å². The fraction of sp³-hybridized carbons (Fsp3) is 0.571. The van der Waals surface area contributed by atoms with Crippen molar-refractivity contribution < 1.29 is 9.18 Å². The quantitative estimate of drug-likeness (QED) is 0.530. The minimum atomic E-state index is 0.0162. The van der Waals surface area contributed by atoms with Gasteiger partial charge in [0.15, 0.2) is 0 Å². The number of fused-ring (bicyclic) bond motifs is 2. The maximum atomic E-state index is 12.0. The molecule has 2 atom stereocenters. The van der Waals surface area contributed by atoms with E-state index in [0.717, 1.165) is 12.0 Å². The van der Waals surface area contributed by atoms with Gasteiger partial charge < -0.3 is 5.32 Å². The fourth-order valence-electron chi connectivity index (χ4n) is 1.71. The molecule has 1 aliphatic carbocycles. The van der Waals surface area contributed by atoms with Crippen LogP contribution in [-0.4, -0.2) is 11.9 Å². The van der Waals surface area contributed by atoms with Crippen molar-refractivity contribution in [3.05, 3.63) is 11.9 Å². The molecule has 2 aliphatic rings. The van der Waals surface area contributed by atoms with Crippen LogP contribution in [0.5, 0.6) is 0 Å². The van der Waals surface area contributed by atoms with Crippen LogP contribution in [-0.2, 0) is 4.79 Å². The van der Waals surface area contributed by atoms with Gasteiger partial charge in [0, 0.05) is 5.92 Å². The average molecular weight is 141 g/mol. The molecule has 0 radical (unpaired) electrons. The van der Waals surface area contributed by atoms with Gasteiger partial charge in [0.05, 0.1) is 12.4 Å². The van der Waals surface area contributed by atoms with Crippen LogP contribution in [0.3, 0.4) is 0 Å². The maximum absolute atomic E-state index is 12.0. The van der Waals surface area contributed by atoms with Gasteiger partial charge in [0.1, 0.15) is 0 Å². The number of rotatable bonds is 0. The highest BCUT2D eigenvalue weighted by molar-refractivity contribution is 5.84. The van der Waals surface area contributed by atoms with E-state index in [9.17, 15) is 9.18 Å². The molecule has 10 heavy (non-hydrogen) atoms. The molecule has 2 nitrogen and oxygen atoms in total. The van der Waals surface area contributed by atoms with Crippen LogP contribution >= 0.6 is 0 Å². The van der Waals surface area contributed by atoms with Gasteiger partial charge >= 0.3 is 0 Å². The Morgan fingerprint density at radius 2 is 2.50 bits per heavy atom. The van der Waals surface area contributed by atoms with Crippen molar-refractivity contribution in [3.8, 4) is 0 Å². The van der Waals surface area contributed by atoms with E-state index in [-0.39, 0.29) is 17.9 Å². The summed E-state index contributed by atoms with van der Waals surface area (Å²) >= 11 is 0. The Kier molecular flexibility index (Phi) is 1.07. The first kappa shape index (κ1) is 5.89. The molecular formula is C7H8FNO. The number of nitrogens with one attached hydrogen (secondary N) is 1. The summed E-state index contributed by atoms with van der Waals surface area (Å²) < 4.78 is 12.0. The van der Waals surface area contributed by atoms with Crippen molar-refractivity contribution in [1.82, 2.24) is 5.32 Å². The molecule has 0 aromatic heterocycles. The van der Waals surface area contributed by atoms with Crippen molar-refractivity contribution in [2.75, 3.05) is 0 Å². The van der Waals surface area contributed by atoms with Crippen LogP contribution in [0.2, 0.25) is 0 Å². The van der Waals surface area contributed by atoms with Crippen LogP contribution in [0.1, 0.15) is 12.8 Å². The van der Waals surface area contributed by atoms with E-state index in [1.807, 2.05) is 0 Å². The number of piperidine rings is 1. The lowest BCUT2D eigenvalue weighted by atomic mass is 10.1. The first-order valence-electron chi connectivity index (χ1n) is 3.41. The fourth-order valence-corrected chi connectivity index (χ4v) is 1.71. The average Bonchev–Trinajstić information content (AvgIpc) is 2.44. The summed E-state index contributed by atoms with van der Waals surface area (Å²) in [6.07, 6.45) is 2.06. The van der Waals surface area contributed by atoms with Crippen LogP contribution in [0, 0.1) is 5.92 Å². The lowest BCUT2D eigenvalue weighted by molar-refractivity contribution is -0.123. The van der Waals surface area contributed by atoms with Gasteiger partial charge in [-0.3, -0.25) is 4.79 Å². The molecule has 1 amide bonds. The third-order valence-electron chi connectivity index (χ3n) is 2.28. The summed E-state index contributed by atoms with van der Waals surface area (Å²) in [7, 11) is 0. The van der Waals surface area contributed by atoms with Gasteiger partial charge in [-0.25, -0.2) is 4.39 Å². The van der Waals surface area contributed by atoms with Gasteiger partial charge in [0.2, 0.25) is 5.91 Å². The molecule has 1 aliphatic heterocycles. The summed E-state index contributed by atoms with van der Waals surface area (Å²) in [4.78, 5) is 10.8. The molecule has 1 saturated heterocycles. The number of carbonyl (C=O) groups is 1.